The Balaban J connectivity index is 1.52. The molecule has 2 atom stereocenters. The highest BCUT2D eigenvalue weighted by molar-refractivity contribution is 5.89. The van der Waals surface area contributed by atoms with Gasteiger partial charge in [0.1, 0.15) is 17.2 Å². The number of rotatable bonds is 4. The number of amides is 2. The van der Waals surface area contributed by atoms with E-state index in [9.17, 15) is 22.4 Å². The van der Waals surface area contributed by atoms with Crippen LogP contribution in [-0.4, -0.2) is 34.8 Å². The first kappa shape index (κ1) is 20.9. The van der Waals surface area contributed by atoms with Crippen LogP contribution in [0.1, 0.15) is 30.7 Å². The summed E-state index contributed by atoms with van der Waals surface area (Å²) in [6, 6.07) is 0.195. The third-order valence-corrected chi connectivity index (χ3v) is 5.27. The number of carbonyl (C=O) groups excluding carboxylic acids is 1. The first-order valence-electron chi connectivity index (χ1n) is 9.55. The molecule has 1 fully saturated rings. The predicted molar refractivity (Wildman–Crippen MR) is 105 cm³/mol. The fraction of sp³-hybridized carbons (Fsp3) is 0.350. The molecule has 4 rings (SSSR count). The second-order valence-electron chi connectivity index (χ2n) is 7.41. The molecular formula is C20H19F4N5O2. The molecule has 2 N–H and O–H groups in total. The zero-order chi connectivity index (χ0) is 22.3. The van der Waals surface area contributed by atoms with Gasteiger partial charge in [-0.25, -0.2) is 19.2 Å². The van der Waals surface area contributed by atoms with Crippen molar-refractivity contribution in [1.82, 2.24) is 15.3 Å². The lowest BCUT2D eigenvalue weighted by molar-refractivity contribution is -0.158. The zero-order valence-electron chi connectivity index (χ0n) is 16.6. The van der Waals surface area contributed by atoms with Crippen LogP contribution in [0.5, 0.6) is 0 Å². The smallest absolute Gasteiger partial charge is 0.416 e. The summed E-state index contributed by atoms with van der Waals surface area (Å²) < 4.78 is 59.9. The van der Waals surface area contributed by atoms with E-state index in [1.807, 2.05) is 17.1 Å². The van der Waals surface area contributed by atoms with E-state index >= 15 is 0 Å². The number of aryl methyl sites for hydroxylation is 1. The SMILES string of the molecule is Cc1c(C(NC(=O)Nc2cnc(N3CCC3C)nc2)C(F)(F)F)oc2ccc(F)cc12. The average molecular weight is 437 g/mol. The number of urea groups is 1. The van der Waals surface area contributed by atoms with E-state index in [2.05, 4.69) is 15.3 Å². The fourth-order valence-electron chi connectivity index (χ4n) is 3.43. The molecule has 3 heterocycles. The number of carbonyl (C=O) groups is 1. The normalized spacial score (nSPS) is 17.4. The topological polar surface area (TPSA) is 83.3 Å². The minimum Gasteiger partial charge on any atom is -0.458 e. The summed E-state index contributed by atoms with van der Waals surface area (Å²) in [6.45, 7) is 4.23. The standard InChI is InChI=1S/C20H19F4N5O2/c1-10-5-6-29(10)18-25-8-13(9-26-18)27-19(30)28-17(20(22,23)24)16-11(2)14-7-12(21)3-4-15(14)31-16/h3-4,7-10,17H,5-6H2,1-2H3,(H2,27,28,30). The van der Waals surface area contributed by atoms with Crippen LogP contribution in [0.25, 0.3) is 11.0 Å². The third-order valence-electron chi connectivity index (χ3n) is 5.27. The highest BCUT2D eigenvalue weighted by Crippen LogP contribution is 2.38. The van der Waals surface area contributed by atoms with Gasteiger partial charge in [-0.1, -0.05) is 0 Å². The van der Waals surface area contributed by atoms with E-state index in [1.165, 1.54) is 25.4 Å². The molecule has 0 aliphatic carbocycles. The molecule has 7 nitrogen and oxygen atoms in total. The number of hydrogen-bond donors (Lipinski definition) is 2. The number of nitrogens with zero attached hydrogens (tertiary/aromatic N) is 3. The maximum absolute atomic E-state index is 13.7. The Labute approximate surface area is 174 Å². The van der Waals surface area contributed by atoms with E-state index in [4.69, 9.17) is 4.42 Å². The summed E-state index contributed by atoms with van der Waals surface area (Å²) in [5.41, 5.74) is 0.321. The van der Waals surface area contributed by atoms with Gasteiger partial charge in [-0.3, -0.25) is 0 Å². The Morgan fingerprint density at radius 2 is 2.00 bits per heavy atom. The lowest BCUT2D eigenvalue weighted by Crippen LogP contribution is -2.46. The molecule has 0 spiro atoms. The minimum atomic E-state index is -4.84. The van der Waals surface area contributed by atoms with Gasteiger partial charge in [0.05, 0.1) is 18.1 Å². The molecule has 2 unspecified atom stereocenters. The van der Waals surface area contributed by atoms with Crippen molar-refractivity contribution in [3.63, 3.8) is 0 Å². The van der Waals surface area contributed by atoms with Crippen molar-refractivity contribution in [2.75, 3.05) is 16.8 Å². The average Bonchev–Trinajstić information content (AvgIpc) is 3.01. The van der Waals surface area contributed by atoms with E-state index in [1.54, 1.807) is 0 Å². The van der Waals surface area contributed by atoms with Crippen LogP contribution in [0.3, 0.4) is 0 Å². The van der Waals surface area contributed by atoms with Crippen molar-refractivity contribution >= 4 is 28.6 Å². The summed E-state index contributed by atoms with van der Waals surface area (Å²) >= 11 is 0. The quantitative estimate of drug-likeness (QED) is 0.579. The van der Waals surface area contributed by atoms with Gasteiger partial charge in [0, 0.05) is 23.5 Å². The van der Waals surface area contributed by atoms with Crippen LogP contribution < -0.4 is 15.5 Å². The maximum Gasteiger partial charge on any atom is 0.416 e. The highest BCUT2D eigenvalue weighted by atomic mass is 19.4. The zero-order valence-corrected chi connectivity index (χ0v) is 16.6. The van der Waals surface area contributed by atoms with Gasteiger partial charge in [0.15, 0.2) is 6.04 Å². The summed E-state index contributed by atoms with van der Waals surface area (Å²) in [5.74, 6) is -0.627. The Bertz CT molecular complexity index is 1110. The second-order valence-corrected chi connectivity index (χ2v) is 7.41. The molecule has 2 aromatic heterocycles. The van der Waals surface area contributed by atoms with Gasteiger partial charge in [0.2, 0.25) is 5.95 Å². The van der Waals surface area contributed by atoms with Crippen LogP contribution in [0.15, 0.2) is 35.0 Å². The van der Waals surface area contributed by atoms with Crippen LogP contribution >= 0.6 is 0 Å². The first-order chi connectivity index (χ1) is 14.6. The minimum absolute atomic E-state index is 0.0912. The maximum atomic E-state index is 13.7. The number of nitrogens with one attached hydrogen (secondary N) is 2. The molecule has 2 amide bonds. The van der Waals surface area contributed by atoms with Crippen molar-refractivity contribution < 1.29 is 26.8 Å². The number of fused-ring (bicyclic) bond motifs is 1. The Morgan fingerprint density at radius 1 is 1.29 bits per heavy atom. The van der Waals surface area contributed by atoms with Gasteiger partial charge in [0.25, 0.3) is 0 Å². The van der Waals surface area contributed by atoms with E-state index in [-0.39, 0.29) is 22.2 Å². The van der Waals surface area contributed by atoms with Crippen LogP contribution in [0.2, 0.25) is 0 Å². The van der Waals surface area contributed by atoms with E-state index in [0.29, 0.717) is 12.0 Å². The molecule has 31 heavy (non-hydrogen) atoms. The van der Waals surface area contributed by atoms with Gasteiger partial charge in [-0.05, 0) is 38.5 Å². The molecule has 1 aliphatic heterocycles. The molecule has 1 saturated heterocycles. The fourth-order valence-corrected chi connectivity index (χ4v) is 3.43. The number of benzene rings is 1. The van der Waals surface area contributed by atoms with E-state index in [0.717, 1.165) is 25.1 Å². The van der Waals surface area contributed by atoms with Crippen molar-refractivity contribution in [2.45, 2.75) is 38.5 Å². The van der Waals surface area contributed by atoms with Gasteiger partial charge >= 0.3 is 12.2 Å². The van der Waals surface area contributed by atoms with E-state index < -0.39 is 29.8 Å². The molecule has 3 aromatic rings. The monoisotopic (exact) mass is 437 g/mol. The molecule has 1 aliphatic rings. The van der Waals surface area contributed by atoms with Gasteiger partial charge in [-0.2, -0.15) is 13.2 Å². The summed E-state index contributed by atoms with van der Waals surface area (Å²) in [4.78, 5) is 22.5. The molecule has 11 heteroatoms. The van der Waals surface area contributed by atoms with Crippen LogP contribution in [0.4, 0.5) is 34.0 Å². The van der Waals surface area contributed by atoms with Crippen LogP contribution in [-0.2, 0) is 0 Å². The molecule has 0 radical (unpaired) electrons. The molecule has 0 bridgehead atoms. The molecule has 0 saturated carbocycles. The number of furan rings is 1. The predicted octanol–water partition coefficient (Wildman–Crippen LogP) is 4.69. The number of anilines is 2. The first-order valence-corrected chi connectivity index (χ1v) is 9.55. The van der Waals surface area contributed by atoms with Crippen molar-refractivity contribution in [1.29, 1.82) is 0 Å². The van der Waals surface area contributed by atoms with Crippen LogP contribution in [0, 0.1) is 12.7 Å². The number of hydrogen-bond acceptors (Lipinski definition) is 5. The Kier molecular flexibility index (Phi) is 5.19. The number of alkyl halides is 3. The molecule has 1 aromatic carbocycles. The Morgan fingerprint density at radius 3 is 2.58 bits per heavy atom. The molecule has 164 valence electrons. The number of halogens is 4. The third kappa shape index (κ3) is 4.12. The largest absolute Gasteiger partial charge is 0.458 e. The summed E-state index contributed by atoms with van der Waals surface area (Å²) in [5, 5.41) is 4.38. The van der Waals surface area contributed by atoms with Crippen molar-refractivity contribution in [3.8, 4) is 0 Å². The second kappa shape index (κ2) is 7.71. The van der Waals surface area contributed by atoms with Crippen molar-refractivity contribution in [2.24, 2.45) is 0 Å². The van der Waals surface area contributed by atoms with Crippen molar-refractivity contribution in [3.05, 3.63) is 47.7 Å². The van der Waals surface area contributed by atoms with Gasteiger partial charge < -0.3 is 20.0 Å². The lowest BCUT2D eigenvalue weighted by Gasteiger charge is -2.38. The lowest BCUT2D eigenvalue weighted by atomic mass is 10.1. The highest BCUT2D eigenvalue weighted by Gasteiger charge is 2.45. The Hall–Kier alpha value is -3.37. The summed E-state index contributed by atoms with van der Waals surface area (Å²) in [6.07, 6.45) is -1.17. The molecular weight excluding hydrogens is 418 g/mol. The summed E-state index contributed by atoms with van der Waals surface area (Å²) in [7, 11) is 0. The number of aromatic nitrogens is 2. The van der Waals surface area contributed by atoms with Gasteiger partial charge in [-0.15, -0.1) is 0 Å².